The van der Waals surface area contributed by atoms with Gasteiger partial charge >= 0.3 is 0 Å². The summed E-state index contributed by atoms with van der Waals surface area (Å²) < 4.78 is 5.73. The molecular formula is C20H14Cl2O2. The third-order valence-corrected chi connectivity index (χ3v) is 4.20. The molecule has 3 rings (SSSR count). The van der Waals surface area contributed by atoms with Crippen LogP contribution in [0.25, 0.3) is 17.4 Å². The van der Waals surface area contributed by atoms with Crippen molar-refractivity contribution < 1.29 is 9.21 Å². The number of hydrogen-bond acceptors (Lipinski definition) is 2. The minimum Gasteiger partial charge on any atom is -0.457 e. The van der Waals surface area contributed by atoms with E-state index < -0.39 is 0 Å². The first-order chi connectivity index (χ1) is 11.5. The average Bonchev–Trinajstić information content (AvgIpc) is 3.02. The van der Waals surface area contributed by atoms with E-state index in [4.69, 9.17) is 27.6 Å². The van der Waals surface area contributed by atoms with Gasteiger partial charge < -0.3 is 4.42 Å². The Bertz CT molecular complexity index is 885. The maximum absolute atomic E-state index is 12.1. The molecule has 2 aromatic carbocycles. The Balaban J connectivity index is 1.81. The summed E-state index contributed by atoms with van der Waals surface area (Å²) in [5.74, 6) is 1.04. The van der Waals surface area contributed by atoms with Gasteiger partial charge in [0.1, 0.15) is 11.5 Å². The highest BCUT2D eigenvalue weighted by molar-refractivity contribution is 6.39. The number of carbonyl (C=O) groups is 1. The SMILES string of the molecule is Cc1ccc(C(=O)/C=C/c2ccc(-c3c(Cl)cccc3Cl)o2)cc1. The van der Waals surface area contributed by atoms with Crippen LogP contribution in [-0.2, 0) is 0 Å². The summed E-state index contributed by atoms with van der Waals surface area (Å²) >= 11 is 12.4. The Labute approximate surface area is 150 Å². The number of halogens is 2. The van der Waals surface area contributed by atoms with Crippen LogP contribution in [0.4, 0.5) is 0 Å². The number of allylic oxidation sites excluding steroid dienone is 1. The fourth-order valence-corrected chi connectivity index (χ4v) is 2.87. The molecule has 2 nitrogen and oxygen atoms in total. The van der Waals surface area contributed by atoms with E-state index in [9.17, 15) is 4.79 Å². The molecule has 24 heavy (non-hydrogen) atoms. The van der Waals surface area contributed by atoms with Crippen molar-refractivity contribution >= 4 is 35.1 Å². The molecule has 1 aromatic heterocycles. The summed E-state index contributed by atoms with van der Waals surface area (Å²) in [6.07, 6.45) is 3.12. The Morgan fingerprint density at radius 2 is 1.62 bits per heavy atom. The first kappa shape index (κ1) is 16.6. The van der Waals surface area contributed by atoms with Crippen LogP contribution in [0.2, 0.25) is 10.0 Å². The van der Waals surface area contributed by atoms with Crippen LogP contribution in [0.15, 0.2) is 65.1 Å². The van der Waals surface area contributed by atoms with Gasteiger partial charge in [0.25, 0.3) is 0 Å². The molecule has 0 atom stereocenters. The molecule has 0 fully saturated rings. The molecule has 4 heteroatoms. The molecule has 0 N–H and O–H groups in total. The van der Waals surface area contributed by atoms with Gasteiger partial charge in [0.2, 0.25) is 0 Å². The fraction of sp³-hybridized carbons (Fsp3) is 0.0500. The third kappa shape index (κ3) is 3.61. The largest absolute Gasteiger partial charge is 0.457 e. The van der Waals surface area contributed by atoms with E-state index in [2.05, 4.69) is 0 Å². The van der Waals surface area contributed by atoms with Crippen LogP contribution in [0, 0.1) is 6.92 Å². The minimum atomic E-state index is -0.0799. The Hall–Kier alpha value is -2.29. The number of hydrogen-bond donors (Lipinski definition) is 0. The van der Waals surface area contributed by atoms with Crippen molar-refractivity contribution in [3.63, 3.8) is 0 Å². The number of aryl methyl sites for hydroxylation is 1. The number of benzene rings is 2. The molecule has 0 aliphatic carbocycles. The van der Waals surface area contributed by atoms with Gasteiger partial charge in [0.15, 0.2) is 5.78 Å². The minimum absolute atomic E-state index is 0.0799. The van der Waals surface area contributed by atoms with Crippen molar-refractivity contribution in [3.8, 4) is 11.3 Å². The van der Waals surface area contributed by atoms with Gasteiger partial charge in [-0.3, -0.25) is 4.79 Å². The lowest BCUT2D eigenvalue weighted by Crippen LogP contribution is -1.93. The van der Waals surface area contributed by atoms with E-state index in [0.717, 1.165) is 5.56 Å². The summed E-state index contributed by atoms with van der Waals surface area (Å²) in [5, 5.41) is 1.03. The van der Waals surface area contributed by atoms with E-state index >= 15 is 0 Å². The summed E-state index contributed by atoms with van der Waals surface area (Å²) in [4.78, 5) is 12.1. The lowest BCUT2D eigenvalue weighted by atomic mass is 10.1. The van der Waals surface area contributed by atoms with Crippen LogP contribution in [-0.4, -0.2) is 5.78 Å². The van der Waals surface area contributed by atoms with Crippen molar-refractivity contribution in [2.24, 2.45) is 0 Å². The lowest BCUT2D eigenvalue weighted by molar-refractivity contribution is 0.104. The van der Waals surface area contributed by atoms with Gasteiger partial charge in [-0.15, -0.1) is 0 Å². The van der Waals surface area contributed by atoms with Crippen LogP contribution in [0.3, 0.4) is 0 Å². The predicted octanol–water partition coefficient (Wildman–Crippen LogP) is 6.46. The Kier molecular flexibility index (Phi) is 4.89. The zero-order chi connectivity index (χ0) is 17.1. The van der Waals surface area contributed by atoms with Gasteiger partial charge in [-0.25, -0.2) is 0 Å². The van der Waals surface area contributed by atoms with Crippen molar-refractivity contribution in [2.75, 3.05) is 0 Å². The Morgan fingerprint density at radius 3 is 2.29 bits per heavy atom. The van der Waals surface area contributed by atoms with Gasteiger partial charge in [-0.1, -0.05) is 59.1 Å². The molecule has 0 saturated carbocycles. The monoisotopic (exact) mass is 356 g/mol. The van der Waals surface area contributed by atoms with E-state index in [0.29, 0.717) is 32.7 Å². The smallest absolute Gasteiger partial charge is 0.185 e. The average molecular weight is 357 g/mol. The Morgan fingerprint density at radius 1 is 0.958 bits per heavy atom. The van der Waals surface area contributed by atoms with E-state index in [1.54, 1.807) is 48.5 Å². The van der Waals surface area contributed by atoms with E-state index in [1.807, 2.05) is 19.1 Å². The van der Waals surface area contributed by atoms with Crippen LogP contribution in [0.5, 0.6) is 0 Å². The second-order valence-electron chi connectivity index (χ2n) is 5.36. The zero-order valence-electron chi connectivity index (χ0n) is 12.9. The predicted molar refractivity (Wildman–Crippen MR) is 98.7 cm³/mol. The molecular weight excluding hydrogens is 343 g/mol. The quantitative estimate of drug-likeness (QED) is 0.396. The topological polar surface area (TPSA) is 30.2 Å². The summed E-state index contributed by atoms with van der Waals surface area (Å²) in [5.41, 5.74) is 2.39. The second kappa shape index (κ2) is 7.08. The highest BCUT2D eigenvalue weighted by atomic mass is 35.5. The van der Waals surface area contributed by atoms with Gasteiger partial charge in [0.05, 0.1) is 15.6 Å². The van der Waals surface area contributed by atoms with E-state index in [-0.39, 0.29) is 5.78 Å². The molecule has 0 aliphatic rings. The van der Waals surface area contributed by atoms with E-state index in [1.165, 1.54) is 6.08 Å². The van der Waals surface area contributed by atoms with Gasteiger partial charge in [-0.2, -0.15) is 0 Å². The highest BCUT2D eigenvalue weighted by Gasteiger charge is 2.12. The highest BCUT2D eigenvalue weighted by Crippen LogP contribution is 2.35. The molecule has 1 heterocycles. The maximum Gasteiger partial charge on any atom is 0.185 e. The fourth-order valence-electron chi connectivity index (χ4n) is 2.28. The number of ketones is 1. The molecule has 3 aromatic rings. The third-order valence-electron chi connectivity index (χ3n) is 3.57. The summed E-state index contributed by atoms with van der Waals surface area (Å²) in [6, 6.07) is 16.3. The molecule has 0 radical (unpaired) electrons. The molecule has 0 amide bonds. The number of rotatable bonds is 4. The van der Waals surface area contributed by atoms with Crippen LogP contribution >= 0.6 is 23.2 Å². The lowest BCUT2D eigenvalue weighted by Gasteiger charge is -2.02. The van der Waals surface area contributed by atoms with Crippen molar-refractivity contribution in [3.05, 3.63) is 87.6 Å². The second-order valence-corrected chi connectivity index (χ2v) is 6.18. The van der Waals surface area contributed by atoms with Gasteiger partial charge in [-0.05, 0) is 43.3 Å². The van der Waals surface area contributed by atoms with Crippen molar-refractivity contribution in [2.45, 2.75) is 6.92 Å². The van der Waals surface area contributed by atoms with Crippen molar-refractivity contribution in [1.29, 1.82) is 0 Å². The standard InChI is InChI=1S/C20H14Cl2O2/c1-13-5-7-14(8-6-13)18(23)11-9-15-10-12-19(24-15)20-16(21)3-2-4-17(20)22/h2-12H,1H3/b11-9+. The van der Waals surface area contributed by atoms with Crippen LogP contribution < -0.4 is 0 Å². The van der Waals surface area contributed by atoms with Gasteiger partial charge in [0, 0.05) is 5.56 Å². The number of carbonyl (C=O) groups excluding carboxylic acids is 1. The first-order valence-corrected chi connectivity index (χ1v) is 8.13. The zero-order valence-corrected chi connectivity index (χ0v) is 14.4. The van der Waals surface area contributed by atoms with Crippen LogP contribution in [0.1, 0.15) is 21.7 Å². The number of furan rings is 1. The van der Waals surface area contributed by atoms with Crippen molar-refractivity contribution in [1.82, 2.24) is 0 Å². The molecule has 0 spiro atoms. The maximum atomic E-state index is 12.1. The molecule has 120 valence electrons. The summed E-state index contributed by atoms with van der Waals surface area (Å²) in [7, 11) is 0. The molecule has 0 saturated heterocycles. The normalized spacial score (nSPS) is 11.1. The molecule has 0 aliphatic heterocycles. The molecule has 0 unspecified atom stereocenters. The first-order valence-electron chi connectivity index (χ1n) is 7.38. The summed E-state index contributed by atoms with van der Waals surface area (Å²) in [6.45, 7) is 1.98. The molecule has 0 bridgehead atoms.